The molecule has 0 N–H and O–H groups in total. The SMILES string of the molecule is CCCC1=Cc2c(-c3ccccc3)cccc2[CH]1[Hf+2]1([CH]2C(CCC)=Cc3c(-c4ccccc4)cccc32)[CH2]C[CH2]1.[Cl-].[Cl-]. The topological polar surface area (TPSA) is 0 Å². The van der Waals surface area contributed by atoms with E-state index in [2.05, 4.69) is 123 Å². The van der Waals surface area contributed by atoms with Gasteiger partial charge in [0.2, 0.25) is 0 Å². The van der Waals surface area contributed by atoms with Crippen LogP contribution in [0, 0.1) is 0 Å². The molecule has 4 aromatic carbocycles. The van der Waals surface area contributed by atoms with Gasteiger partial charge in [-0.25, -0.2) is 0 Å². The van der Waals surface area contributed by atoms with Crippen LogP contribution in [0.1, 0.15) is 75.6 Å². The van der Waals surface area contributed by atoms with Crippen LogP contribution in [0.5, 0.6) is 0 Å². The minimum atomic E-state index is -2.97. The molecule has 0 aromatic heterocycles. The van der Waals surface area contributed by atoms with Crippen molar-refractivity contribution in [3.05, 3.63) is 130 Å². The van der Waals surface area contributed by atoms with E-state index in [4.69, 9.17) is 0 Å². The summed E-state index contributed by atoms with van der Waals surface area (Å²) in [6.07, 6.45) is 11.7. The van der Waals surface area contributed by atoms with Crippen LogP contribution in [0.3, 0.4) is 0 Å². The molecule has 2 aliphatic carbocycles. The summed E-state index contributed by atoms with van der Waals surface area (Å²) in [6, 6.07) is 36.7. The zero-order chi connectivity index (χ0) is 27.1. The maximum absolute atomic E-state index is 2.97. The first-order valence-corrected chi connectivity index (χ1v) is 24.8. The van der Waals surface area contributed by atoms with E-state index in [-0.39, 0.29) is 24.8 Å². The molecular weight excluding hydrogens is 718 g/mol. The van der Waals surface area contributed by atoms with Gasteiger partial charge in [-0.3, -0.25) is 0 Å². The molecule has 0 bridgehead atoms. The molecular formula is C39H40Cl2Hf. The van der Waals surface area contributed by atoms with Crippen molar-refractivity contribution in [2.45, 2.75) is 61.7 Å². The Bertz CT molecular complexity index is 1480. The summed E-state index contributed by atoms with van der Waals surface area (Å²) in [4.78, 5) is 0. The maximum Gasteiger partial charge on any atom is -1.00 e. The molecule has 7 rings (SSSR count). The van der Waals surface area contributed by atoms with Gasteiger partial charge in [-0.2, -0.15) is 0 Å². The van der Waals surface area contributed by atoms with E-state index in [1.807, 2.05) is 0 Å². The minimum absolute atomic E-state index is 0. The van der Waals surface area contributed by atoms with Crippen LogP contribution in [0.4, 0.5) is 0 Å². The monoisotopic (exact) mass is 758 g/mol. The predicted octanol–water partition coefficient (Wildman–Crippen LogP) is 5.60. The van der Waals surface area contributed by atoms with Crippen LogP contribution < -0.4 is 24.8 Å². The molecule has 0 spiro atoms. The van der Waals surface area contributed by atoms with Gasteiger partial charge in [0.25, 0.3) is 0 Å². The summed E-state index contributed by atoms with van der Waals surface area (Å²) >= 11 is -2.97. The largest absolute Gasteiger partial charge is 1.00 e. The first-order chi connectivity index (χ1) is 19.7. The van der Waals surface area contributed by atoms with Crippen molar-refractivity contribution in [3.8, 4) is 22.3 Å². The van der Waals surface area contributed by atoms with E-state index >= 15 is 0 Å². The Balaban J connectivity index is 0.00000176. The number of hydrogen-bond donors (Lipinski definition) is 0. The molecule has 0 amide bonds. The Morgan fingerprint density at radius 1 is 0.548 bits per heavy atom. The molecule has 0 nitrogen and oxygen atoms in total. The molecule has 42 heavy (non-hydrogen) atoms. The average molecular weight is 758 g/mol. The standard InChI is InChI=1S/2C18H17.C3H6.2ClH.Hf/c2*1-2-7-14-12-16-10-6-11-17(18(16)13-14)15-8-4-3-5-9-15;1-3-2;;;/h2*3-6,8-13H,2,7H2,1H3;1-3H2;2*1H;/q;;;;;+2/p-2. The number of hydrogen-bond acceptors (Lipinski definition) is 0. The summed E-state index contributed by atoms with van der Waals surface area (Å²) in [5.74, 6) is 0. The van der Waals surface area contributed by atoms with E-state index in [0.29, 0.717) is 0 Å². The molecule has 1 aliphatic heterocycles. The molecule has 1 fully saturated rings. The average Bonchev–Trinajstić information content (AvgIpc) is 3.53. The summed E-state index contributed by atoms with van der Waals surface area (Å²) in [7, 11) is 0. The van der Waals surface area contributed by atoms with Crippen LogP contribution in [0.15, 0.2) is 108 Å². The molecule has 0 radical (unpaired) electrons. The first kappa shape index (κ1) is 31.2. The summed E-state index contributed by atoms with van der Waals surface area (Å²) in [6.45, 7) is 4.76. The number of halogens is 2. The summed E-state index contributed by atoms with van der Waals surface area (Å²) < 4.78 is 4.51. The van der Waals surface area contributed by atoms with Gasteiger partial charge in [-0.05, 0) is 0 Å². The fraction of sp³-hybridized carbons (Fsp3) is 0.282. The number of benzene rings is 4. The Hall–Kier alpha value is -2.19. The molecule has 214 valence electrons. The second-order valence-corrected chi connectivity index (χ2v) is 28.8. The van der Waals surface area contributed by atoms with Crippen LogP contribution in [0.2, 0.25) is 8.35 Å². The van der Waals surface area contributed by atoms with Gasteiger partial charge in [0.15, 0.2) is 0 Å². The zero-order valence-electron chi connectivity index (χ0n) is 24.8. The smallest absolute Gasteiger partial charge is 1.00 e. The third kappa shape index (κ3) is 5.14. The fourth-order valence-corrected chi connectivity index (χ4v) is 31.1. The van der Waals surface area contributed by atoms with Crippen LogP contribution in [-0.2, 0) is 20.0 Å². The Labute approximate surface area is 269 Å². The van der Waals surface area contributed by atoms with E-state index < -0.39 is 20.0 Å². The second kappa shape index (κ2) is 13.2. The van der Waals surface area contributed by atoms with E-state index in [9.17, 15) is 0 Å². The number of rotatable bonds is 8. The van der Waals surface area contributed by atoms with Crippen molar-refractivity contribution in [2.75, 3.05) is 0 Å². The van der Waals surface area contributed by atoms with Gasteiger partial charge in [-0.15, -0.1) is 0 Å². The summed E-state index contributed by atoms with van der Waals surface area (Å²) in [5.41, 5.74) is 15.5. The van der Waals surface area contributed by atoms with Gasteiger partial charge in [0.05, 0.1) is 0 Å². The fourth-order valence-electron chi connectivity index (χ4n) is 8.36. The van der Waals surface area contributed by atoms with Crippen molar-refractivity contribution in [1.82, 2.24) is 0 Å². The quantitative estimate of drug-likeness (QED) is 0.206. The molecule has 1 heterocycles. The van der Waals surface area contributed by atoms with Crippen LogP contribution in [0.25, 0.3) is 34.4 Å². The van der Waals surface area contributed by atoms with Gasteiger partial charge in [-0.1, -0.05) is 0 Å². The number of allylic oxidation sites excluding steroid dienone is 2. The van der Waals surface area contributed by atoms with E-state index in [1.165, 1.54) is 73.8 Å². The van der Waals surface area contributed by atoms with Crippen molar-refractivity contribution in [3.63, 3.8) is 0 Å². The minimum Gasteiger partial charge on any atom is -1.00 e. The van der Waals surface area contributed by atoms with Gasteiger partial charge < -0.3 is 24.8 Å². The normalized spacial score (nSPS) is 18.6. The van der Waals surface area contributed by atoms with Crippen molar-refractivity contribution < 1.29 is 44.8 Å². The van der Waals surface area contributed by atoms with Gasteiger partial charge in [0.1, 0.15) is 0 Å². The van der Waals surface area contributed by atoms with Crippen molar-refractivity contribution >= 4 is 12.2 Å². The summed E-state index contributed by atoms with van der Waals surface area (Å²) in [5, 5.41) is 0. The van der Waals surface area contributed by atoms with Gasteiger partial charge in [0, 0.05) is 0 Å². The zero-order valence-corrected chi connectivity index (χ0v) is 29.9. The maximum atomic E-state index is 2.66. The third-order valence-corrected chi connectivity index (χ3v) is 32.4. The van der Waals surface area contributed by atoms with E-state index in [0.717, 1.165) is 7.35 Å². The third-order valence-electron chi connectivity index (χ3n) is 9.98. The second-order valence-electron chi connectivity index (χ2n) is 12.2. The Morgan fingerprint density at radius 3 is 1.33 bits per heavy atom. The Morgan fingerprint density at radius 2 is 0.976 bits per heavy atom. The molecule has 1 saturated heterocycles. The number of fused-ring (bicyclic) bond motifs is 2. The van der Waals surface area contributed by atoms with Crippen LogP contribution >= 0.6 is 0 Å². The molecule has 0 saturated carbocycles. The molecule has 2 atom stereocenters. The molecule has 3 heteroatoms. The van der Waals surface area contributed by atoms with Crippen molar-refractivity contribution in [1.29, 1.82) is 0 Å². The van der Waals surface area contributed by atoms with Gasteiger partial charge >= 0.3 is 246 Å². The van der Waals surface area contributed by atoms with E-state index in [1.54, 1.807) is 22.3 Å². The first-order valence-electron chi connectivity index (χ1n) is 15.5. The predicted molar refractivity (Wildman–Crippen MR) is 169 cm³/mol. The van der Waals surface area contributed by atoms with Crippen LogP contribution in [-0.4, -0.2) is 0 Å². The van der Waals surface area contributed by atoms with Crippen molar-refractivity contribution in [2.24, 2.45) is 0 Å². The molecule has 2 unspecified atom stereocenters. The molecule has 4 aromatic rings. The Kier molecular flexibility index (Phi) is 9.83. The molecule has 3 aliphatic rings.